The monoisotopic (exact) mass is 232 g/mol. The van der Waals surface area contributed by atoms with E-state index in [1.54, 1.807) is 0 Å². The third-order valence-corrected chi connectivity index (χ3v) is 3.55. The summed E-state index contributed by atoms with van der Waals surface area (Å²) in [5.74, 6) is 0.592. The molecule has 1 heterocycles. The number of nitrogens with zero attached hydrogens (tertiary/aromatic N) is 2. The highest BCUT2D eigenvalue weighted by atomic mass is 16.4. The van der Waals surface area contributed by atoms with E-state index in [1.807, 2.05) is 0 Å². The molecule has 2 aliphatic carbocycles. The third-order valence-electron chi connectivity index (χ3n) is 3.55. The maximum atomic E-state index is 10.9. The number of fused-ring (bicyclic) bond motifs is 1. The zero-order chi connectivity index (χ0) is 11.8. The predicted molar refractivity (Wildman–Crippen MR) is 62.0 cm³/mol. The van der Waals surface area contributed by atoms with Crippen LogP contribution in [0.5, 0.6) is 0 Å². The molecule has 0 unspecified atom stereocenters. The van der Waals surface area contributed by atoms with Gasteiger partial charge in [0.1, 0.15) is 5.82 Å². The van der Waals surface area contributed by atoms with Crippen LogP contribution >= 0.6 is 0 Å². The molecule has 0 spiro atoms. The second-order valence-electron chi connectivity index (χ2n) is 5.01. The number of rotatable bonds is 3. The second kappa shape index (κ2) is 4.09. The van der Waals surface area contributed by atoms with E-state index in [0.717, 1.165) is 54.9 Å². The van der Waals surface area contributed by atoms with Gasteiger partial charge in [0.05, 0.1) is 12.1 Å². The Bertz CT molecular complexity index is 467. The molecular weight excluding hydrogens is 216 g/mol. The van der Waals surface area contributed by atoms with Gasteiger partial charge in [0.2, 0.25) is 0 Å². The molecule has 0 aliphatic heterocycles. The Morgan fingerprint density at radius 3 is 2.71 bits per heavy atom. The molecule has 0 amide bonds. The van der Waals surface area contributed by atoms with Gasteiger partial charge in [-0.15, -0.1) is 0 Å². The lowest BCUT2D eigenvalue weighted by Crippen LogP contribution is -2.16. The Balaban J connectivity index is 2.02. The highest BCUT2D eigenvalue weighted by Crippen LogP contribution is 2.39. The van der Waals surface area contributed by atoms with Gasteiger partial charge in [-0.2, -0.15) is 0 Å². The molecule has 0 saturated heterocycles. The Morgan fingerprint density at radius 2 is 2.00 bits per heavy atom. The molecule has 2 aliphatic rings. The lowest BCUT2D eigenvalue weighted by molar-refractivity contribution is -0.136. The minimum Gasteiger partial charge on any atom is -0.481 e. The van der Waals surface area contributed by atoms with E-state index in [0.29, 0.717) is 5.92 Å². The number of aromatic nitrogens is 2. The molecule has 1 fully saturated rings. The summed E-state index contributed by atoms with van der Waals surface area (Å²) < 4.78 is 0. The average molecular weight is 232 g/mol. The first kappa shape index (κ1) is 10.7. The smallest absolute Gasteiger partial charge is 0.309 e. The quantitative estimate of drug-likeness (QED) is 0.864. The highest BCUT2D eigenvalue weighted by Gasteiger charge is 2.29. The first-order chi connectivity index (χ1) is 8.24. The fourth-order valence-corrected chi connectivity index (χ4v) is 2.51. The van der Waals surface area contributed by atoms with Crippen LogP contribution in [-0.2, 0) is 24.1 Å². The number of hydrogen-bond donors (Lipinski definition) is 1. The standard InChI is InChI=1S/C13H16N2O2/c16-12(17)7-11-9-3-1-2-4-10(9)14-13(15-11)8-5-6-8/h8H,1-7H2,(H,16,17). The Morgan fingerprint density at radius 1 is 1.24 bits per heavy atom. The number of carbonyl (C=O) groups is 1. The summed E-state index contributed by atoms with van der Waals surface area (Å²) in [7, 11) is 0. The Labute approximate surface area is 100 Å². The summed E-state index contributed by atoms with van der Waals surface area (Å²) in [6, 6.07) is 0. The van der Waals surface area contributed by atoms with Crippen LogP contribution in [0, 0.1) is 0 Å². The number of carboxylic acid groups (broad SMARTS) is 1. The molecule has 4 nitrogen and oxygen atoms in total. The van der Waals surface area contributed by atoms with E-state index in [2.05, 4.69) is 9.97 Å². The lowest BCUT2D eigenvalue weighted by atomic mass is 9.93. The van der Waals surface area contributed by atoms with Gasteiger partial charge in [0.15, 0.2) is 0 Å². The summed E-state index contributed by atoms with van der Waals surface area (Å²) in [6.45, 7) is 0. The average Bonchev–Trinajstić information content (AvgIpc) is 3.12. The number of hydrogen-bond acceptors (Lipinski definition) is 3. The van der Waals surface area contributed by atoms with Crippen LogP contribution in [0.15, 0.2) is 0 Å². The van der Waals surface area contributed by atoms with Crippen molar-refractivity contribution in [1.82, 2.24) is 9.97 Å². The van der Waals surface area contributed by atoms with Gasteiger partial charge >= 0.3 is 5.97 Å². The van der Waals surface area contributed by atoms with Gasteiger partial charge < -0.3 is 5.11 Å². The first-order valence-electron chi connectivity index (χ1n) is 6.34. The van der Waals surface area contributed by atoms with Crippen molar-refractivity contribution in [3.05, 3.63) is 22.8 Å². The highest BCUT2D eigenvalue weighted by molar-refractivity contribution is 5.70. The van der Waals surface area contributed by atoms with Crippen molar-refractivity contribution in [2.45, 2.75) is 50.9 Å². The molecule has 0 bridgehead atoms. The van der Waals surface area contributed by atoms with Crippen molar-refractivity contribution in [2.24, 2.45) is 0 Å². The molecule has 90 valence electrons. The fraction of sp³-hybridized carbons (Fsp3) is 0.615. The van der Waals surface area contributed by atoms with Crippen molar-refractivity contribution >= 4 is 5.97 Å². The largest absolute Gasteiger partial charge is 0.481 e. The molecule has 0 radical (unpaired) electrons. The normalized spacial score (nSPS) is 18.8. The van der Waals surface area contributed by atoms with E-state index in [9.17, 15) is 4.79 Å². The molecule has 0 atom stereocenters. The van der Waals surface area contributed by atoms with Crippen LogP contribution in [-0.4, -0.2) is 21.0 Å². The van der Waals surface area contributed by atoms with Crippen LogP contribution in [0.4, 0.5) is 0 Å². The van der Waals surface area contributed by atoms with Crippen LogP contribution in [0.25, 0.3) is 0 Å². The van der Waals surface area contributed by atoms with Crippen molar-refractivity contribution < 1.29 is 9.90 Å². The molecule has 1 aromatic heterocycles. The predicted octanol–water partition coefficient (Wildman–Crippen LogP) is 1.86. The Hall–Kier alpha value is -1.45. The molecule has 0 aromatic carbocycles. The number of aryl methyl sites for hydroxylation is 1. The topological polar surface area (TPSA) is 63.1 Å². The second-order valence-corrected chi connectivity index (χ2v) is 5.01. The van der Waals surface area contributed by atoms with Crippen molar-refractivity contribution in [3.8, 4) is 0 Å². The maximum Gasteiger partial charge on any atom is 0.309 e. The minimum atomic E-state index is -0.793. The summed E-state index contributed by atoms with van der Waals surface area (Å²) in [5.41, 5.74) is 3.00. The number of carboxylic acids is 1. The third kappa shape index (κ3) is 2.16. The summed E-state index contributed by atoms with van der Waals surface area (Å²) in [5, 5.41) is 8.95. The van der Waals surface area contributed by atoms with Crippen LogP contribution in [0.3, 0.4) is 0 Å². The van der Waals surface area contributed by atoms with Crippen LogP contribution in [0.1, 0.15) is 54.4 Å². The van der Waals surface area contributed by atoms with Gasteiger partial charge in [0, 0.05) is 11.6 Å². The maximum absolute atomic E-state index is 10.9. The van der Waals surface area contributed by atoms with Crippen molar-refractivity contribution in [3.63, 3.8) is 0 Å². The van der Waals surface area contributed by atoms with Gasteiger partial charge in [-0.25, -0.2) is 9.97 Å². The van der Waals surface area contributed by atoms with Crippen LogP contribution in [0.2, 0.25) is 0 Å². The van der Waals surface area contributed by atoms with Gasteiger partial charge in [0.25, 0.3) is 0 Å². The molecule has 1 saturated carbocycles. The van der Waals surface area contributed by atoms with E-state index in [4.69, 9.17) is 5.11 Å². The summed E-state index contributed by atoms with van der Waals surface area (Å²) >= 11 is 0. The van der Waals surface area contributed by atoms with Crippen molar-refractivity contribution in [1.29, 1.82) is 0 Å². The van der Waals surface area contributed by atoms with Crippen LogP contribution < -0.4 is 0 Å². The summed E-state index contributed by atoms with van der Waals surface area (Å²) in [6.07, 6.45) is 6.60. The van der Waals surface area contributed by atoms with E-state index < -0.39 is 5.97 Å². The lowest BCUT2D eigenvalue weighted by Gasteiger charge is -2.18. The first-order valence-corrected chi connectivity index (χ1v) is 6.34. The van der Waals surface area contributed by atoms with Gasteiger partial charge in [-0.1, -0.05) is 0 Å². The number of aliphatic carboxylic acids is 1. The van der Waals surface area contributed by atoms with Gasteiger partial charge in [-0.05, 0) is 44.1 Å². The zero-order valence-electron chi connectivity index (χ0n) is 9.78. The summed E-state index contributed by atoms with van der Waals surface area (Å²) in [4.78, 5) is 20.0. The zero-order valence-corrected chi connectivity index (χ0v) is 9.78. The molecule has 1 aromatic rings. The minimum absolute atomic E-state index is 0.0462. The fourth-order valence-electron chi connectivity index (χ4n) is 2.51. The van der Waals surface area contributed by atoms with Crippen molar-refractivity contribution in [2.75, 3.05) is 0 Å². The van der Waals surface area contributed by atoms with Gasteiger partial charge in [-0.3, -0.25) is 4.79 Å². The molecule has 3 rings (SSSR count). The Kier molecular flexibility index (Phi) is 2.57. The van der Waals surface area contributed by atoms with E-state index in [1.165, 1.54) is 6.42 Å². The molecule has 17 heavy (non-hydrogen) atoms. The SMILES string of the molecule is O=C(O)Cc1nc(C2CC2)nc2c1CCCC2. The molecular formula is C13H16N2O2. The molecule has 4 heteroatoms. The molecule has 1 N–H and O–H groups in total. The van der Waals surface area contributed by atoms with E-state index >= 15 is 0 Å². The van der Waals surface area contributed by atoms with E-state index in [-0.39, 0.29) is 6.42 Å².